The molecule has 0 radical (unpaired) electrons. The Morgan fingerprint density at radius 2 is 2.06 bits per heavy atom. The van der Waals surface area contributed by atoms with Gasteiger partial charge < -0.3 is 5.11 Å². The minimum absolute atomic E-state index is 0.121. The maximum Gasteiger partial charge on any atom is 0.354 e. The molecule has 2 aromatic rings. The van der Waals surface area contributed by atoms with Gasteiger partial charge in [-0.3, -0.25) is 0 Å². The van der Waals surface area contributed by atoms with Crippen LogP contribution in [0.5, 0.6) is 0 Å². The lowest BCUT2D eigenvalue weighted by molar-refractivity contribution is 0.0686. The maximum atomic E-state index is 11.0. The molecular weight excluding hydrogens is 206 g/mol. The van der Waals surface area contributed by atoms with Crippen LogP contribution in [0.15, 0.2) is 24.3 Å². The molecule has 5 heteroatoms. The molecule has 0 amide bonds. The quantitative estimate of drug-likeness (QED) is 0.829. The third kappa shape index (κ3) is 1.79. The number of hydrogen-bond donors (Lipinski definition) is 1. The lowest BCUT2D eigenvalue weighted by Crippen LogP contribution is -2.09. The number of rotatable bonds is 2. The van der Waals surface area contributed by atoms with Crippen molar-refractivity contribution in [2.24, 2.45) is 0 Å². The average molecular weight is 217 g/mol. The Morgan fingerprint density at radius 3 is 2.69 bits per heavy atom. The summed E-state index contributed by atoms with van der Waals surface area (Å²) in [5.74, 6) is -0.491. The topological polar surface area (TPSA) is 68.0 Å². The fourth-order valence-corrected chi connectivity index (χ4v) is 1.47. The van der Waals surface area contributed by atoms with Crippen molar-refractivity contribution in [3.05, 3.63) is 41.3 Å². The normalized spacial score (nSPS) is 10.4. The van der Waals surface area contributed by atoms with Crippen LogP contribution in [-0.2, 0) is 0 Å². The molecule has 2 heterocycles. The highest BCUT2D eigenvalue weighted by atomic mass is 16.4. The molecule has 0 saturated carbocycles. The Kier molecular flexibility index (Phi) is 2.44. The van der Waals surface area contributed by atoms with Crippen molar-refractivity contribution < 1.29 is 9.90 Å². The number of nitrogens with zero attached hydrogens (tertiary/aromatic N) is 3. The predicted octanol–water partition coefficient (Wildman–Crippen LogP) is 1.58. The Labute approximate surface area is 92.4 Å². The summed E-state index contributed by atoms with van der Waals surface area (Å²) < 4.78 is 1.34. The molecular formula is C11H11N3O2. The number of aryl methyl sites for hydroxylation is 2. The zero-order valence-corrected chi connectivity index (χ0v) is 9.01. The van der Waals surface area contributed by atoms with Crippen LogP contribution in [0.3, 0.4) is 0 Å². The van der Waals surface area contributed by atoms with Gasteiger partial charge in [0, 0.05) is 5.69 Å². The van der Waals surface area contributed by atoms with Gasteiger partial charge in [-0.1, -0.05) is 6.07 Å². The summed E-state index contributed by atoms with van der Waals surface area (Å²) in [5, 5.41) is 13.1. The molecule has 0 bridgehead atoms. The molecule has 2 rings (SSSR count). The first kappa shape index (κ1) is 10.4. The number of carboxylic acids is 1. The Hall–Kier alpha value is -2.17. The second-order valence-corrected chi connectivity index (χ2v) is 3.53. The first-order valence-electron chi connectivity index (χ1n) is 4.82. The summed E-state index contributed by atoms with van der Waals surface area (Å²) in [7, 11) is 0. The van der Waals surface area contributed by atoms with Crippen molar-refractivity contribution in [3.8, 4) is 5.82 Å². The van der Waals surface area contributed by atoms with Gasteiger partial charge in [-0.15, -0.1) is 0 Å². The van der Waals surface area contributed by atoms with Crippen LogP contribution in [0.1, 0.15) is 21.9 Å². The molecule has 0 saturated heterocycles. The van der Waals surface area contributed by atoms with Gasteiger partial charge in [-0.25, -0.2) is 14.5 Å². The van der Waals surface area contributed by atoms with Gasteiger partial charge in [0.2, 0.25) is 0 Å². The lowest BCUT2D eigenvalue weighted by atomic mass is 10.3. The summed E-state index contributed by atoms with van der Waals surface area (Å²) in [6, 6.07) is 6.92. The van der Waals surface area contributed by atoms with Crippen LogP contribution in [-0.4, -0.2) is 25.8 Å². The van der Waals surface area contributed by atoms with Gasteiger partial charge in [-0.2, -0.15) is 5.10 Å². The summed E-state index contributed by atoms with van der Waals surface area (Å²) in [6.45, 7) is 3.60. The van der Waals surface area contributed by atoms with Crippen molar-refractivity contribution in [2.75, 3.05) is 0 Å². The monoisotopic (exact) mass is 217 g/mol. The van der Waals surface area contributed by atoms with E-state index in [1.54, 1.807) is 13.0 Å². The van der Waals surface area contributed by atoms with Crippen LogP contribution < -0.4 is 0 Å². The molecule has 0 aliphatic rings. The zero-order valence-electron chi connectivity index (χ0n) is 9.01. The number of aromatic nitrogens is 3. The van der Waals surface area contributed by atoms with Crippen LogP contribution in [0.4, 0.5) is 0 Å². The molecule has 0 atom stereocenters. The molecule has 0 unspecified atom stereocenters. The van der Waals surface area contributed by atoms with Crippen molar-refractivity contribution in [3.63, 3.8) is 0 Å². The van der Waals surface area contributed by atoms with E-state index in [4.69, 9.17) is 5.11 Å². The van der Waals surface area contributed by atoms with Crippen LogP contribution >= 0.6 is 0 Å². The van der Waals surface area contributed by atoms with E-state index in [0.29, 0.717) is 11.5 Å². The van der Waals surface area contributed by atoms with Gasteiger partial charge in [0.1, 0.15) is 0 Å². The summed E-state index contributed by atoms with van der Waals surface area (Å²) in [4.78, 5) is 15.2. The highest BCUT2D eigenvalue weighted by Gasteiger charge is 2.14. The van der Waals surface area contributed by atoms with E-state index in [-0.39, 0.29) is 5.69 Å². The third-order valence-electron chi connectivity index (χ3n) is 2.14. The Bertz CT molecular complexity index is 546. The van der Waals surface area contributed by atoms with Gasteiger partial charge in [-0.05, 0) is 32.0 Å². The summed E-state index contributed by atoms with van der Waals surface area (Å²) in [5.41, 5.74) is 1.60. The molecule has 82 valence electrons. The number of carboxylic acid groups (broad SMARTS) is 1. The molecule has 2 aromatic heterocycles. The van der Waals surface area contributed by atoms with Crippen molar-refractivity contribution in [1.82, 2.24) is 14.8 Å². The van der Waals surface area contributed by atoms with Crippen molar-refractivity contribution in [1.29, 1.82) is 0 Å². The molecule has 0 aromatic carbocycles. The predicted molar refractivity (Wildman–Crippen MR) is 57.8 cm³/mol. The summed E-state index contributed by atoms with van der Waals surface area (Å²) in [6.07, 6.45) is 0. The van der Waals surface area contributed by atoms with E-state index in [9.17, 15) is 4.79 Å². The first-order valence-corrected chi connectivity index (χ1v) is 4.82. The van der Waals surface area contributed by atoms with E-state index in [2.05, 4.69) is 10.1 Å². The standard InChI is InChI=1S/C11H11N3O2/c1-7-4-3-5-10(12-7)14-9(11(15)16)6-8(2)13-14/h3-6H,1-2H3,(H,15,16). The van der Waals surface area contributed by atoms with E-state index in [0.717, 1.165) is 5.69 Å². The fourth-order valence-electron chi connectivity index (χ4n) is 1.47. The summed E-state index contributed by atoms with van der Waals surface area (Å²) >= 11 is 0. The lowest BCUT2D eigenvalue weighted by Gasteiger charge is -2.03. The molecule has 0 spiro atoms. The molecule has 0 fully saturated rings. The third-order valence-corrected chi connectivity index (χ3v) is 2.14. The van der Waals surface area contributed by atoms with E-state index < -0.39 is 5.97 Å². The highest BCUT2D eigenvalue weighted by Crippen LogP contribution is 2.11. The number of hydrogen-bond acceptors (Lipinski definition) is 3. The Balaban J connectivity index is 2.59. The number of aromatic carboxylic acids is 1. The molecule has 0 aliphatic carbocycles. The van der Waals surface area contributed by atoms with Crippen LogP contribution in [0.25, 0.3) is 5.82 Å². The second kappa shape index (κ2) is 3.77. The van der Waals surface area contributed by atoms with Gasteiger partial charge in [0.15, 0.2) is 11.5 Å². The smallest absolute Gasteiger partial charge is 0.354 e. The van der Waals surface area contributed by atoms with Gasteiger partial charge >= 0.3 is 5.97 Å². The Morgan fingerprint density at radius 1 is 1.31 bits per heavy atom. The van der Waals surface area contributed by atoms with Gasteiger partial charge in [0.25, 0.3) is 0 Å². The van der Waals surface area contributed by atoms with Gasteiger partial charge in [0.05, 0.1) is 5.69 Å². The average Bonchev–Trinajstić information content (AvgIpc) is 2.60. The zero-order chi connectivity index (χ0) is 11.7. The van der Waals surface area contributed by atoms with Crippen molar-refractivity contribution >= 4 is 5.97 Å². The van der Waals surface area contributed by atoms with Crippen molar-refractivity contribution in [2.45, 2.75) is 13.8 Å². The van der Waals surface area contributed by atoms with E-state index in [1.165, 1.54) is 10.7 Å². The number of carbonyl (C=O) groups is 1. The minimum Gasteiger partial charge on any atom is -0.477 e. The molecule has 0 aliphatic heterocycles. The first-order chi connectivity index (χ1) is 7.58. The largest absolute Gasteiger partial charge is 0.477 e. The second-order valence-electron chi connectivity index (χ2n) is 3.53. The van der Waals surface area contributed by atoms with E-state index >= 15 is 0 Å². The molecule has 5 nitrogen and oxygen atoms in total. The highest BCUT2D eigenvalue weighted by molar-refractivity contribution is 5.86. The van der Waals surface area contributed by atoms with E-state index in [1.807, 2.05) is 19.1 Å². The number of pyridine rings is 1. The SMILES string of the molecule is Cc1cccc(-n2nc(C)cc2C(=O)O)n1. The maximum absolute atomic E-state index is 11.0. The molecule has 1 N–H and O–H groups in total. The minimum atomic E-state index is -1.01. The van der Waals surface area contributed by atoms with Crippen LogP contribution in [0, 0.1) is 13.8 Å². The molecule has 16 heavy (non-hydrogen) atoms. The fraction of sp³-hybridized carbons (Fsp3) is 0.182. The van der Waals surface area contributed by atoms with Crippen LogP contribution in [0.2, 0.25) is 0 Å².